The van der Waals surface area contributed by atoms with Crippen LogP contribution in [-0.2, 0) is 0 Å². The minimum atomic E-state index is 0.426. The summed E-state index contributed by atoms with van der Waals surface area (Å²) < 4.78 is 10.9. The van der Waals surface area contributed by atoms with Crippen LogP contribution in [0.25, 0.3) is 0 Å². The number of hydrogen-bond acceptors (Lipinski definition) is 4. The molecule has 0 bridgehead atoms. The molecule has 0 spiro atoms. The van der Waals surface area contributed by atoms with E-state index in [4.69, 9.17) is 26.8 Å². The summed E-state index contributed by atoms with van der Waals surface area (Å²) in [5, 5.41) is 0.566. The molecule has 2 N–H and O–H groups in total. The lowest BCUT2D eigenvalue weighted by molar-refractivity contribution is 0.321. The Balaban J connectivity index is 2.20. The molecule has 0 radical (unpaired) electrons. The molecule has 0 aliphatic rings. The first-order chi connectivity index (χ1) is 8.69. The van der Waals surface area contributed by atoms with E-state index in [1.54, 1.807) is 36.4 Å². The van der Waals surface area contributed by atoms with E-state index in [1.165, 1.54) is 0 Å². The summed E-state index contributed by atoms with van der Waals surface area (Å²) in [7, 11) is 0. The van der Waals surface area contributed by atoms with Crippen LogP contribution in [0.1, 0.15) is 6.92 Å². The summed E-state index contributed by atoms with van der Waals surface area (Å²) in [6.45, 7) is 2.45. The van der Waals surface area contributed by atoms with E-state index < -0.39 is 0 Å². The van der Waals surface area contributed by atoms with Gasteiger partial charge in [-0.15, -0.1) is 0 Å². The molecule has 18 heavy (non-hydrogen) atoms. The quantitative estimate of drug-likeness (QED) is 0.859. The first-order valence-electron chi connectivity index (χ1n) is 5.52. The zero-order valence-corrected chi connectivity index (χ0v) is 10.6. The molecule has 0 amide bonds. The smallest absolute Gasteiger partial charge is 0.222 e. The second-order valence-corrected chi connectivity index (χ2v) is 3.97. The fourth-order valence-electron chi connectivity index (χ4n) is 1.41. The van der Waals surface area contributed by atoms with Crippen molar-refractivity contribution >= 4 is 17.3 Å². The number of rotatable bonds is 4. The molecule has 0 unspecified atom stereocenters. The van der Waals surface area contributed by atoms with Crippen molar-refractivity contribution in [1.29, 1.82) is 0 Å². The first kappa shape index (κ1) is 12.5. The Labute approximate surface area is 110 Å². The standard InChI is InChI=1S/C13H13ClN2O2/c1-2-17-12-4-3-5-13(16-12)18-11-7-6-9(14)8-10(11)15/h3-8H,2,15H2,1H3. The van der Waals surface area contributed by atoms with Gasteiger partial charge < -0.3 is 15.2 Å². The van der Waals surface area contributed by atoms with Crippen LogP contribution in [0.2, 0.25) is 5.02 Å². The first-order valence-corrected chi connectivity index (χ1v) is 5.89. The van der Waals surface area contributed by atoms with Gasteiger partial charge >= 0.3 is 0 Å². The van der Waals surface area contributed by atoms with Gasteiger partial charge in [0.25, 0.3) is 0 Å². The summed E-state index contributed by atoms with van der Waals surface area (Å²) in [4.78, 5) is 4.19. The van der Waals surface area contributed by atoms with E-state index in [0.29, 0.717) is 34.8 Å². The summed E-state index contributed by atoms with van der Waals surface area (Å²) in [5.41, 5.74) is 6.26. The number of nitrogens with zero attached hydrogens (tertiary/aromatic N) is 1. The van der Waals surface area contributed by atoms with Gasteiger partial charge in [0.05, 0.1) is 12.3 Å². The van der Waals surface area contributed by atoms with E-state index in [1.807, 2.05) is 6.92 Å². The van der Waals surface area contributed by atoms with Crippen LogP contribution >= 0.6 is 11.6 Å². The summed E-state index contributed by atoms with van der Waals surface area (Å²) in [5.74, 6) is 1.46. The van der Waals surface area contributed by atoms with Gasteiger partial charge in [0, 0.05) is 17.2 Å². The number of anilines is 1. The molecular formula is C13H13ClN2O2. The van der Waals surface area contributed by atoms with Crippen molar-refractivity contribution in [3.8, 4) is 17.5 Å². The fraction of sp³-hybridized carbons (Fsp3) is 0.154. The molecule has 0 saturated heterocycles. The maximum absolute atomic E-state index is 5.82. The lowest BCUT2D eigenvalue weighted by Gasteiger charge is -2.09. The van der Waals surface area contributed by atoms with Crippen LogP contribution in [0.3, 0.4) is 0 Å². The van der Waals surface area contributed by atoms with Gasteiger partial charge in [0.2, 0.25) is 11.8 Å². The van der Waals surface area contributed by atoms with Gasteiger partial charge in [-0.1, -0.05) is 17.7 Å². The molecule has 0 aliphatic heterocycles. The minimum Gasteiger partial charge on any atom is -0.478 e. The molecule has 1 aromatic carbocycles. The maximum atomic E-state index is 5.82. The highest BCUT2D eigenvalue weighted by atomic mass is 35.5. The number of nitrogen functional groups attached to an aromatic ring is 1. The number of nitrogens with two attached hydrogens (primary N) is 1. The van der Waals surface area contributed by atoms with Gasteiger partial charge in [-0.3, -0.25) is 0 Å². The number of pyridine rings is 1. The summed E-state index contributed by atoms with van der Waals surface area (Å²) in [6, 6.07) is 10.3. The molecule has 2 rings (SSSR count). The molecule has 0 saturated carbocycles. The predicted octanol–water partition coefficient (Wildman–Crippen LogP) is 3.51. The number of ether oxygens (including phenoxy) is 2. The minimum absolute atomic E-state index is 0.426. The van der Waals surface area contributed by atoms with E-state index in [2.05, 4.69) is 4.98 Å². The second-order valence-electron chi connectivity index (χ2n) is 3.53. The largest absolute Gasteiger partial charge is 0.478 e. The molecular weight excluding hydrogens is 252 g/mol. The summed E-state index contributed by atoms with van der Waals surface area (Å²) in [6.07, 6.45) is 0. The van der Waals surface area contributed by atoms with Crippen molar-refractivity contribution in [2.45, 2.75) is 6.92 Å². The molecule has 1 heterocycles. The normalized spacial score (nSPS) is 10.1. The average Bonchev–Trinajstić information content (AvgIpc) is 2.34. The number of aromatic nitrogens is 1. The topological polar surface area (TPSA) is 57.4 Å². The number of hydrogen-bond donors (Lipinski definition) is 1. The Hall–Kier alpha value is -1.94. The van der Waals surface area contributed by atoms with Crippen LogP contribution in [0.15, 0.2) is 36.4 Å². The Bertz CT molecular complexity index is 546. The molecule has 4 nitrogen and oxygen atoms in total. The molecule has 0 fully saturated rings. The van der Waals surface area contributed by atoms with Crippen molar-refractivity contribution in [2.75, 3.05) is 12.3 Å². The van der Waals surface area contributed by atoms with Gasteiger partial charge in [0.15, 0.2) is 5.75 Å². The number of halogens is 1. The van der Waals surface area contributed by atoms with E-state index in [0.717, 1.165) is 0 Å². The molecule has 5 heteroatoms. The van der Waals surface area contributed by atoms with Crippen LogP contribution in [-0.4, -0.2) is 11.6 Å². The van der Waals surface area contributed by atoms with Gasteiger partial charge in [-0.2, -0.15) is 4.98 Å². The zero-order valence-electron chi connectivity index (χ0n) is 9.89. The summed E-state index contributed by atoms with van der Waals surface area (Å²) >= 11 is 5.82. The highest BCUT2D eigenvalue weighted by Crippen LogP contribution is 2.29. The third-order valence-corrected chi connectivity index (χ3v) is 2.41. The predicted molar refractivity (Wildman–Crippen MR) is 71.3 cm³/mol. The second kappa shape index (κ2) is 5.60. The third-order valence-electron chi connectivity index (χ3n) is 2.18. The Morgan fingerprint density at radius 3 is 2.72 bits per heavy atom. The lowest BCUT2D eigenvalue weighted by Crippen LogP contribution is -1.97. The monoisotopic (exact) mass is 264 g/mol. The lowest BCUT2D eigenvalue weighted by atomic mass is 10.3. The Kier molecular flexibility index (Phi) is 3.89. The average molecular weight is 265 g/mol. The van der Waals surface area contributed by atoms with Crippen molar-refractivity contribution in [3.63, 3.8) is 0 Å². The SMILES string of the molecule is CCOc1cccc(Oc2ccc(Cl)cc2N)n1. The van der Waals surface area contributed by atoms with Gasteiger partial charge in [0.1, 0.15) is 0 Å². The highest BCUT2D eigenvalue weighted by Gasteiger charge is 2.05. The van der Waals surface area contributed by atoms with Crippen molar-refractivity contribution in [1.82, 2.24) is 4.98 Å². The van der Waals surface area contributed by atoms with E-state index in [9.17, 15) is 0 Å². The Morgan fingerprint density at radius 2 is 2.00 bits per heavy atom. The van der Waals surface area contributed by atoms with Crippen molar-refractivity contribution in [3.05, 3.63) is 41.4 Å². The van der Waals surface area contributed by atoms with Crippen LogP contribution in [0.5, 0.6) is 17.5 Å². The highest BCUT2D eigenvalue weighted by molar-refractivity contribution is 6.30. The maximum Gasteiger partial charge on any atom is 0.222 e. The van der Waals surface area contributed by atoms with Crippen LogP contribution in [0.4, 0.5) is 5.69 Å². The van der Waals surface area contributed by atoms with Crippen LogP contribution in [0, 0.1) is 0 Å². The molecule has 2 aromatic rings. The van der Waals surface area contributed by atoms with E-state index in [-0.39, 0.29) is 0 Å². The van der Waals surface area contributed by atoms with Crippen molar-refractivity contribution in [2.24, 2.45) is 0 Å². The number of benzene rings is 1. The third kappa shape index (κ3) is 3.05. The molecule has 0 aliphatic carbocycles. The van der Waals surface area contributed by atoms with Gasteiger partial charge in [-0.25, -0.2) is 0 Å². The fourth-order valence-corrected chi connectivity index (χ4v) is 1.59. The zero-order chi connectivity index (χ0) is 13.0. The van der Waals surface area contributed by atoms with Crippen LogP contribution < -0.4 is 15.2 Å². The molecule has 94 valence electrons. The Morgan fingerprint density at radius 1 is 1.22 bits per heavy atom. The van der Waals surface area contributed by atoms with Crippen molar-refractivity contribution < 1.29 is 9.47 Å². The van der Waals surface area contributed by atoms with Gasteiger partial charge in [-0.05, 0) is 25.1 Å². The molecule has 0 atom stereocenters. The van der Waals surface area contributed by atoms with E-state index >= 15 is 0 Å². The molecule has 1 aromatic heterocycles.